The van der Waals surface area contributed by atoms with Gasteiger partial charge in [-0.15, -0.1) is 0 Å². The van der Waals surface area contributed by atoms with Crippen molar-refractivity contribution in [1.82, 2.24) is 14.8 Å². The molecule has 13 heavy (non-hydrogen) atoms. The van der Waals surface area contributed by atoms with Crippen LogP contribution in [0.2, 0.25) is 0 Å². The maximum atomic E-state index is 4.24. The Balaban J connectivity index is 2.11. The Morgan fingerprint density at radius 1 is 1.38 bits per heavy atom. The lowest BCUT2D eigenvalue weighted by atomic mass is 9.83. The molecule has 0 aliphatic heterocycles. The number of hydrogen-bond donors (Lipinski definition) is 0. The van der Waals surface area contributed by atoms with Gasteiger partial charge in [0, 0.05) is 0 Å². The molecule has 1 aromatic rings. The SMILES string of the molecule is CCC1CCCCC1n1cncn1. The summed E-state index contributed by atoms with van der Waals surface area (Å²) in [6, 6.07) is 0.612. The Bertz CT molecular complexity index is 243. The first-order chi connectivity index (χ1) is 6.42. The van der Waals surface area contributed by atoms with Crippen LogP contribution < -0.4 is 0 Å². The fourth-order valence-corrected chi connectivity index (χ4v) is 2.40. The van der Waals surface area contributed by atoms with E-state index in [2.05, 4.69) is 17.0 Å². The molecule has 2 unspecified atom stereocenters. The summed E-state index contributed by atoms with van der Waals surface area (Å²) in [5.74, 6) is 0.815. The van der Waals surface area contributed by atoms with Gasteiger partial charge in [-0.3, -0.25) is 0 Å². The van der Waals surface area contributed by atoms with Crippen molar-refractivity contribution in [3.05, 3.63) is 12.7 Å². The second-order valence-electron chi connectivity index (χ2n) is 3.90. The standard InChI is InChI=1S/C10H17N3/c1-2-9-5-3-4-6-10(9)13-8-11-7-12-13/h7-10H,2-6H2,1H3. The van der Waals surface area contributed by atoms with Gasteiger partial charge in [0.15, 0.2) is 0 Å². The molecule has 0 bridgehead atoms. The molecule has 2 rings (SSSR count). The molecule has 2 atom stereocenters. The van der Waals surface area contributed by atoms with Gasteiger partial charge in [0.05, 0.1) is 6.04 Å². The van der Waals surface area contributed by atoms with Gasteiger partial charge in [0.1, 0.15) is 12.7 Å². The summed E-state index contributed by atoms with van der Waals surface area (Å²) in [5, 5.41) is 4.24. The third kappa shape index (κ3) is 1.74. The zero-order chi connectivity index (χ0) is 9.10. The van der Waals surface area contributed by atoms with Crippen LogP contribution in [0.1, 0.15) is 45.1 Å². The summed E-state index contributed by atoms with van der Waals surface area (Å²) < 4.78 is 2.05. The van der Waals surface area contributed by atoms with Gasteiger partial charge in [-0.25, -0.2) is 9.67 Å². The van der Waals surface area contributed by atoms with Crippen LogP contribution in [0, 0.1) is 5.92 Å². The first-order valence-electron chi connectivity index (χ1n) is 5.26. The molecule has 1 aromatic heterocycles. The van der Waals surface area contributed by atoms with Crippen LogP contribution in [-0.2, 0) is 0 Å². The van der Waals surface area contributed by atoms with Gasteiger partial charge in [0.25, 0.3) is 0 Å². The maximum absolute atomic E-state index is 4.24. The largest absolute Gasteiger partial charge is 0.250 e. The minimum atomic E-state index is 0.612. The second-order valence-corrected chi connectivity index (χ2v) is 3.90. The van der Waals surface area contributed by atoms with E-state index in [0.29, 0.717) is 6.04 Å². The minimum absolute atomic E-state index is 0.612. The van der Waals surface area contributed by atoms with Crippen molar-refractivity contribution in [3.8, 4) is 0 Å². The summed E-state index contributed by atoms with van der Waals surface area (Å²) >= 11 is 0. The van der Waals surface area contributed by atoms with Gasteiger partial charge in [-0.1, -0.05) is 26.2 Å². The third-order valence-electron chi connectivity index (χ3n) is 3.17. The highest BCUT2D eigenvalue weighted by Gasteiger charge is 2.25. The van der Waals surface area contributed by atoms with E-state index >= 15 is 0 Å². The number of aromatic nitrogens is 3. The highest BCUT2D eigenvalue weighted by atomic mass is 15.3. The van der Waals surface area contributed by atoms with Crippen molar-refractivity contribution < 1.29 is 0 Å². The second kappa shape index (κ2) is 3.90. The predicted octanol–water partition coefficient (Wildman–Crippen LogP) is 2.42. The lowest BCUT2D eigenvalue weighted by molar-refractivity contribution is 0.217. The topological polar surface area (TPSA) is 30.7 Å². The fourth-order valence-electron chi connectivity index (χ4n) is 2.40. The van der Waals surface area contributed by atoms with Crippen molar-refractivity contribution in [3.63, 3.8) is 0 Å². The van der Waals surface area contributed by atoms with Crippen LogP contribution in [0.4, 0.5) is 0 Å². The van der Waals surface area contributed by atoms with E-state index in [1.165, 1.54) is 32.1 Å². The Hall–Kier alpha value is -0.860. The number of nitrogens with zero attached hydrogens (tertiary/aromatic N) is 3. The minimum Gasteiger partial charge on any atom is -0.250 e. The lowest BCUT2D eigenvalue weighted by Gasteiger charge is -2.30. The predicted molar refractivity (Wildman–Crippen MR) is 51.3 cm³/mol. The van der Waals surface area contributed by atoms with E-state index < -0.39 is 0 Å². The van der Waals surface area contributed by atoms with Gasteiger partial charge in [-0.2, -0.15) is 5.10 Å². The molecular formula is C10H17N3. The van der Waals surface area contributed by atoms with E-state index in [1.807, 2.05) is 11.0 Å². The van der Waals surface area contributed by atoms with Crippen molar-refractivity contribution >= 4 is 0 Å². The van der Waals surface area contributed by atoms with Crippen LogP contribution >= 0.6 is 0 Å². The van der Waals surface area contributed by atoms with E-state index in [-0.39, 0.29) is 0 Å². The van der Waals surface area contributed by atoms with Crippen LogP contribution in [0.15, 0.2) is 12.7 Å². The molecule has 0 saturated heterocycles. The molecule has 0 amide bonds. The van der Waals surface area contributed by atoms with Gasteiger partial charge >= 0.3 is 0 Å². The molecule has 0 N–H and O–H groups in total. The molecule has 1 heterocycles. The zero-order valence-corrected chi connectivity index (χ0v) is 8.19. The highest BCUT2D eigenvalue weighted by molar-refractivity contribution is 4.79. The highest BCUT2D eigenvalue weighted by Crippen LogP contribution is 2.34. The number of hydrogen-bond acceptors (Lipinski definition) is 2. The smallest absolute Gasteiger partial charge is 0.137 e. The Morgan fingerprint density at radius 3 is 2.92 bits per heavy atom. The average molecular weight is 179 g/mol. The van der Waals surface area contributed by atoms with Gasteiger partial charge in [-0.05, 0) is 18.8 Å². The molecule has 0 aromatic carbocycles. The Labute approximate surface area is 79.2 Å². The molecule has 0 radical (unpaired) electrons. The van der Waals surface area contributed by atoms with Gasteiger partial charge < -0.3 is 0 Å². The third-order valence-corrected chi connectivity index (χ3v) is 3.17. The molecule has 1 aliphatic rings. The first kappa shape index (κ1) is 8.73. The normalized spacial score (nSPS) is 29.0. The average Bonchev–Trinajstić information content (AvgIpc) is 2.70. The molecule has 3 nitrogen and oxygen atoms in total. The summed E-state index contributed by atoms with van der Waals surface area (Å²) in [4.78, 5) is 4.02. The van der Waals surface area contributed by atoms with Crippen molar-refractivity contribution in [2.45, 2.75) is 45.1 Å². The van der Waals surface area contributed by atoms with Crippen LogP contribution in [0.3, 0.4) is 0 Å². The molecule has 1 saturated carbocycles. The molecule has 1 fully saturated rings. The van der Waals surface area contributed by atoms with E-state index in [1.54, 1.807) is 6.33 Å². The fraction of sp³-hybridized carbons (Fsp3) is 0.800. The molecule has 1 aliphatic carbocycles. The Morgan fingerprint density at radius 2 is 2.23 bits per heavy atom. The molecule has 0 spiro atoms. The number of rotatable bonds is 2. The van der Waals surface area contributed by atoms with Gasteiger partial charge in [0.2, 0.25) is 0 Å². The van der Waals surface area contributed by atoms with E-state index in [4.69, 9.17) is 0 Å². The molecule has 72 valence electrons. The molecule has 3 heteroatoms. The first-order valence-corrected chi connectivity index (χ1v) is 5.26. The van der Waals surface area contributed by atoms with E-state index in [9.17, 15) is 0 Å². The van der Waals surface area contributed by atoms with Crippen molar-refractivity contribution in [2.75, 3.05) is 0 Å². The monoisotopic (exact) mass is 179 g/mol. The summed E-state index contributed by atoms with van der Waals surface area (Å²) in [6.45, 7) is 2.28. The van der Waals surface area contributed by atoms with Crippen molar-refractivity contribution in [2.24, 2.45) is 5.92 Å². The van der Waals surface area contributed by atoms with Crippen molar-refractivity contribution in [1.29, 1.82) is 0 Å². The quantitative estimate of drug-likeness (QED) is 0.698. The van der Waals surface area contributed by atoms with Crippen LogP contribution in [0.5, 0.6) is 0 Å². The van der Waals surface area contributed by atoms with E-state index in [0.717, 1.165) is 5.92 Å². The maximum Gasteiger partial charge on any atom is 0.137 e. The summed E-state index contributed by atoms with van der Waals surface area (Å²) in [7, 11) is 0. The molecular weight excluding hydrogens is 162 g/mol. The van der Waals surface area contributed by atoms with Crippen LogP contribution in [-0.4, -0.2) is 14.8 Å². The Kier molecular flexibility index (Phi) is 2.62. The lowest BCUT2D eigenvalue weighted by Crippen LogP contribution is -2.23. The zero-order valence-electron chi connectivity index (χ0n) is 8.19. The summed E-state index contributed by atoms with van der Waals surface area (Å²) in [6.07, 6.45) is 10.2. The summed E-state index contributed by atoms with van der Waals surface area (Å²) in [5.41, 5.74) is 0. The van der Waals surface area contributed by atoms with Crippen LogP contribution in [0.25, 0.3) is 0 Å².